The van der Waals surface area contributed by atoms with Crippen molar-refractivity contribution in [1.82, 2.24) is 10.4 Å². The highest BCUT2D eigenvalue weighted by atomic mass is 16.5. The molecule has 0 radical (unpaired) electrons. The number of benzene rings is 1. The van der Waals surface area contributed by atoms with Gasteiger partial charge in [-0.3, -0.25) is 19.8 Å². The predicted octanol–water partition coefficient (Wildman–Crippen LogP) is 2.22. The number of rotatable bonds is 4. The molecule has 6 nitrogen and oxygen atoms in total. The van der Waals surface area contributed by atoms with Gasteiger partial charge in [0.15, 0.2) is 6.61 Å². The lowest BCUT2D eigenvalue weighted by Gasteiger charge is -2.47. The van der Waals surface area contributed by atoms with Crippen LogP contribution in [0.3, 0.4) is 0 Å². The van der Waals surface area contributed by atoms with Gasteiger partial charge in [0.25, 0.3) is 17.7 Å². The van der Waals surface area contributed by atoms with Crippen LogP contribution >= 0.6 is 0 Å². The third-order valence-corrected chi connectivity index (χ3v) is 6.11. The van der Waals surface area contributed by atoms with Gasteiger partial charge in [0.05, 0.1) is 5.41 Å². The van der Waals surface area contributed by atoms with E-state index in [9.17, 15) is 14.4 Å². The average Bonchev–Trinajstić information content (AvgIpc) is 2.75. The SMILES string of the molecule is Cc1ccccc1OCC(=O)NN1C(=O)[C@@H]2CC[C@](C)(C1=O)C2(C)C. The van der Waals surface area contributed by atoms with Gasteiger partial charge in [-0.1, -0.05) is 39.0 Å². The standard InChI is InChI=1S/C19H24N2O4/c1-12-7-5-6-8-14(12)25-11-15(22)20-21-16(23)13-9-10-19(4,17(21)24)18(13,2)3/h5-8,13H,9-11H2,1-4H3,(H,20,22)/t13-,19+/m0/s1. The van der Waals surface area contributed by atoms with Crippen molar-refractivity contribution >= 4 is 17.7 Å². The highest BCUT2D eigenvalue weighted by Crippen LogP contribution is 2.59. The Balaban J connectivity index is 1.69. The van der Waals surface area contributed by atoms with Crippen LogP contribution in [0.4, 0.5) is 0 Å². The Labute approximate surface area is 147 Å². The highest BCUT2D eigenvalue weighted by Gasteiger charge is 2.64. The molecule has 1 saturated heterocycles. The number of carbonyl (C=O) groups is 3. The van der Waals surface area contributed by atoms with E-state index in [1.807, 2.05) is 45.9 Å². The summed E-state index contributed by atoms with van der Waals surface area (Å²) in [5.74, 6) is -0.836. The molecule has 1 N–H and O–H groups in total. The third-order valence-electron chi connectivity index (χ3n) is 6.11. The van der Waals surface area contributed by atoms with Crippen molar-refractivity contribution in [3.63, 3.8) is 0 Å². The Bertz CT molecular complexity index is 743. The van der Waals surface area contributed by atoms with E-state index >= 15 is 0 Å². The van der Waals surface area contributed by atoms with Crippen LogP contribution in [0.2, 0.25) is 0 Å². The molecule has 1 aromatic carbocycles. The number of hydrogen-bond donors (Lipinski definition) is 1. The fourth-order valence-corrected chi connectivity index (χ4v) is 3.94. The molecule has 1 aromatic rings. The summed E-state index contributed by atoms with van der Waals surface area (Å²) in [7, 11) is 0. The fraction of sp³-hybridized carbons (Fsp3) is 0.526. The maximum Gasteiger partial charge on any atom is 0.276 e. The third kappa shape index (κ3) is 2.60. The number of para-hydroxylation sites is 1. The average molecular weight is 344 g/mol. The number of amides is 3. The first-order valence-corrected chi connectivity index (χ1v) is 8.55. The van der Waals surface area contributed by atoms with Crippen molar-refractivity contribution in [2.24, 2.45) is 16.7 Å². The number of nitrogens with one attached hydrogen (secondary N) is 1. The number of fused-ring (bicyclic) bond motifs is 2. The highest BCUT2D eigenvalue weighted by molar-refractivity contribution is 6.05. The zero-order valence-corrected chi connectivity index (χ0v) is 15.1. The Kier molecular flexibility index (Phi) is 4.09. The largest absolute Gasteiger partial charge is 0.483 e. The number of imide groups is 1. The summed E-state index contributed by atoms with van der Waals surface area (Å²) in [6, 6.07) is 7.35. The van der Waals surface area contributed by atoms with E-state index in [0.717, 1.165) is 10.6 Å². The van der Waals surface area contributed by atoms with Crippen LogP contribution in [0.5, 0.6) is 5.75 Å². The van der Waals surface area contributed by atoms with E-state index < -0.39 is 16.7 Å². The minimum atomic E-state index is -0.643. The summed E-state index contributed by atoms with van der Waals surface area (Å²) in [6.45, 7) is 7.42. The molecule has 25 heavy (non-hydrogen) atoms. The van der Waals surface area contributed by atoms with Crippen LogP contribution in [0.25, 0.3) is 0 Å². The zero-order valence-electron chi connectivity index (χ0n) is 15.1. The van der Waals surface area contributed by atoms with Crippen LogP contribution < -0.4 is 10.2 Å². The first-order valence-electron chi connectivity index (χ1n) is 8.55. The number of nitrogens with zero attached hydrogens (tertiary/aromatic N) is 1. The Morgan fingerprint density at radius 1 is 1.28 bits per heavy atom. The molecule has 1 aliphatic carbocycles. The molecule has 2 bridgehead atoms. The van der Waals surface area contributed by atoms with E-state index in [1.54, 1.807) is 6.07 Å². The molecule has 2 atom stereocenters. The van der Waals surface area contributed by atoms with Crippen LogP contribution in [0.15, 0.2) is 24.3 Å². The topological polar surface area (TPSA) is 75.7 Å². The molecule has 0 aromatic heterocycles. The van der Waals surface area contributed by atoms with Gasteiger partial charge in [-0.05, 0) is 36.8 Å². The van der Waals surface area contributed by atoms with E-state index in [2.05, 4.69) is 5.43 Å². The lowest BCUT2D eigenvalue weighted by Crippen LogP contribution is -2.64. The summed E-state index contributed by atoms with van der Waals surface area (Å²) in [6.07, 6.45) is 1.32. The fourth-order valence-electron chi connectivity index (χ4n) is 3.94. The minimum absolute atomic E-state index is 0.257. The van der Waals surface area contributed by atoms with Gasteiger partial charge in [0, 0.05) is 5.92 Å². The Morgan fingerprint density at radius 2 is 1.96 bits per heavy atom. The molecular formula is C19H24N2O4. The van der Waals surface area contributed by atoms with Crippen molar-refractivity contribution in [2.75, 3.05) is 6.61 Å². The molecule has 1 saturated carbocycles. The smallest absolute Gasteiger partial charge is 0.276 e. The number of ether oxygens (including phenoxy) is 1. The number of hydrazine groups is 1. The van der Waals surface area contributed by atoms with Gasteiger partial charge < -0.3 is 4.74 Å². The summed E-state index contributed by atoms with van der Waals surface area (Å²) < 4.78 is 5.48. The summed E-state index contributed by atoms with van der Waals surface area (Å²) >= 11 is 0. The number of piperidine rings is 1. The monoisotopic (exact) mass is 344 g/mol. The first kappa shape index (κ1) is 17.5. The molecule has 3 rings (SSSR count). The molecule has 0 spiro atoms. The van der Waals surface area contributed by atoms with Gasteiger partial charge in [-0.2, -0.15) is 5.01 Å². The number of carbonyl (C=O) groups excluding carboxylic acids is 3. The van der Waals surface area contributed by atoms with Gasteiger partial charge in [0.1, 0.15) is 5.75 Å². The molecule has 3 amide bonds. The van der Waals surface area contributed by atoms with Crippen molar-refractivity contribution in [3.8, 4) is 5.75 Å². The normalized spacial score (nSPS) is 27.4. The lowest BCUT2D eigenvalue weighted by molar-refractivity contribution is -0.174. The van der Waals surface area contributed by atoms with Crippen molar-refractivity contribution in [3.05, 3.63) is 29.8 Å². The zero-order chi connectivity index (χ0) is 18.4. The molecular weight excluding hydrogens is 320 g/mol. The molecule has 1 aliphatic heterocycles. The van der Waals surface area contributed by atoms with E-state index in [1.165, 1.54) is 0 Å². The molecule has 6 heteroatoms. The summed E-state index contributed by atoms with van der Waals surface area (Å²) in [5, 5.41) is 0.909. The first-order chi connectivity index (χ1) is 11.7. The maximum absolute atomic E-state index is 12.8. The van der Waals surface area contributed by atoms with Gasteiger partial charge in [0.2, 0.25) is 0 Å². The van der Waals surface area contributed by atoms with Gasteiger partial charge in [-0.25, -0.2) is 0 Å². The second-order valence-electron chi connectivity index (χ2n) is 7.71. The van der Waals surface area contributed by atoms with Crippen molar-refractivity contribution < 1.29 is 19.1 Å². The van der Waals surface area contributed by atoms with Gasteiger partial charge >= 0.3 is 0 Å². The quantitative estimate of drug-likeness (QED) is 0.850. The van der Waals surface area contributed by atoms with Crippen LogP contribution in [-0.2, 0) is 14.4 Å². The molecule has 1 heterocycles. The number of aryl methyl sites for hydroxylation is 1. The molecule has 2 fully saturated rings. The van der Waals surface area contributed by atoms with E-state index in [-0.39, 0.29) is 24.3 Å². The Morgan fingerprint density at radius 3 is 2.64 bits per heavy atom. The van der Waals surface area contributed by atoms with Gasteiger partial charge in [-0.15, -0.1) is 0 Å². The predicted molar refractivity (Wildman–Crippen MR) is 91.3 cm³/mol. The Hall–Kier alpha value is -2.37. The molecule has 134 valence electrons. The van der Waals surface area contributed by atoms with Crippen molar-refractivity contribution in [1.29, 1.82) is 0 Å². The van der Waals surface area contributed by atoms with E-state index in [0.29, 0.717) is 18.6 Å². The second-order valence-corrected chi connectivity index (χ2v) is 7.71. The van der Waals surface area contributed by atoms with E-state index in [4.69, 9.17) is 4.74 Å². The van der Waals surface area contributed by atoms with Crippen LogP contribution in [0, 0.1) is 23.7 Å². The second kappa shape index (κ2) is 5.86. The van der Waals surface area contributed by atoms with Crippen molar-refractivity contribution in [2.45, 2.75) is 40.5 Å². The summed E-state index contributed by atoms with van der Waals surface area (Å²) in [5.41, 5.74) is 2.31. The maximum atomic E-state index is 12.8. The summed E-state index contributed by atoms with van der Waals surface area (Å²) in [4.78, 5) is 37.7. The number of hydrogen-bond acceptors (Lipinski definition) is 4. The minimum Gasteiger partial charge on any atom is -0.483 e. The van der Waals surface area contributed by atoms with Crippen LogP contribution in [-0.4, -0.2) is 29.3 Å². The molecule has 0 unspecified atom stereocenters. The molecule has 2 aliphatic rings. The lowest BCUT2D eigenvalue weighted by atomic mass is 9.63. The van der Waals surface area contributed by atoms with Crippen LogP contribution in [0.1, 0.15) is 39.2 Å².